The molecule has 272 valence electrons. The lowest BCUT2D eigenvalue weighted by molar-refractivity contribution is -0.251. The van der Waals surface area contributed by atoms with Gasteiger partial charge >= 0.3 is 0 Å². The second kappa shape index (κ2) is 11.1. The van der Waals surface area contributed by atoms with Gasteiger partial charge in [0.2, 0.25) is 5.91 Å². The van der Waals surface area contributed by atoms with E-state index in [0.717, 1.165) is 51.6 Å². The quantitative estimate of drug-likeness (QED) is 0.342. The molecule has 0 radical (unpaired) electrons. The van der Waals surface area contributed by atoms with Crippen molar-refractivity contribution in [3.63, 3.8) is 0 Å². The number of ether oxygens (including phenoxy) is 3. The maximum absolute atomic E-state index is 12.6. The number of morpholine rings is 1. The zero-order chi connectivity index (χ0) is 34.2. The van der Waals surface area contributed by atoms with Crippen LogP contribution in [0.4, 0.5) is 0 Å². The predicted molar refractivity (Wildman–Crippen MR) is 181 cm³/mol. The summed E-state index contributed by atoms with van der Waals surface area (Å²) in [6, 6.07) is -0.0723. The molecule has 1 amide bonds. The van der Waals surface area contributed by atoms with E-state index in [9.17, 15) is 20.1 Å². The van der Waals surface area contributed by atoms with Gasteiger partial charge < -0.3 is 34.8 Å². The molecular formula is C39H64N2O7. The number of hydrogen-bond acceptors (Lipinski definition) is 8. The largest absolute Gasteiger partial charge is 0.390 e. The van der Waals surface area contributed by atoms with Crippen LogP contribution in [0.3, 0.4) is 0 Å². The first-order valence-corrected chi connectivity index (χ1v) is 19.5. The lowest BCUT2D eigenvalue weighted by atomic mass is 9.41. The molecule has 5 unspecified atom stereocenters. The molecule has 2 spiro atoms. The molecule has 3 saturated heterocycles. The topological polar surface area (TPSA) is 121 Å². The number of nitrogens with one attached hydrogen (secondary N) is 1. The van der Waals surface area contributed by atoms with Crippen LogP contribution in [-0.2, 0) is 19.0 Å². The van der Waals surface area contributed by atoms with Crippen molar-refractivity contribution in [3.05, 3.63) is 0 Å². The van der Waals surface area contributed by atoms with Crippen molar-refractivity contribution >= 4 is 5.91 Å². The van der Waals surface area contributed by atoms with Gasteiger partial charge in [-0.1, -0.05) is 34.6 Å². The Bertz CT molecular complexity index is 1290. The third-order valence-electron chi connectivity index (χ3n) is 16.9. The summed E-state index contributed by atoms with van der Waals surface area (Å²) in [5, 5.41) is 37.2. The highest BCUT2D eigenvalue weighted by Gasteiger charge is 2.84. The highest BCUT2D eigenvalue weighted by atomic mass is 16.7. The van der Waals surface area contributed by atoms with Crippen LogP contribution in [0.15, 0.2) is 0 Å². The van der Waals surface area contributed by atoms with E-state index in [0.29, 0.717) is 42.7 Å². The number of aliphatic hydroxyl groups excluding tert-OH is 2. The van der Waals surface area contributed by atoms with E-state index >= 15 is 0 Å². The Morgan fingerprint density at radius 1 is 1.04 bits per heavy atom. The second-order valence-corrected chi connectivity index (χ2v) is 19.5. The van der Waals surface area contributed by atoms with Gasteiger partial charge in [-0.3, -0.25) is 9.69 Å². The SMILES string of the molecule is C[C@@H]1CC([C@H](O)C(C)(C)O)OC2[C@H]1[C@@]1(C)CCC34CC35CC[C@H](O[C@H]3CN([C@@H]6CCCNC6=O)CCO3)C(C)(C)[C@@H]5CCC4[C@]1(C)[C@H]2O. The zero-order valence-electron chi connectivity index (χ0n) is 30.7. The molecule has 3 aliphatic heterocycles. The summed E-state index contributed by atoms with van der Waals surface area (Å²) in [5.41, 5.74) is -1.01. The summed E-state index contributed by atoms with van der Waals surface area (Å²) < 4.78 is 19.8. The van der Waals surface area contributed by atoms with Gasteiger partial charge in [0.25, 0.3) is 0 Å². The van der Waals surface area contributed by atoms with Crippen LogP contribution < -0.4 is 5.32 Å². The highest BCUT2D eigenvalue weighted by Crippen LogP contribution is 2.89. The fraction of sp³-hybridized carbons (Fsp3) is 0.974. The van der Waals surface area contributed by atoms with Gasteiger partial charge in [0, 0.05) is 18.5 Å². The lowest BCUT2D eigenvalue weighted by Crippen LogP contribution is -2.60. The minimum Gasteiger partial charge on any atom is -0.390 e. The maximum atomic E-state index is 12.6. The number of hydrogen-bond donors (Lipinski definition) is 4. The fourth-order valence-corrected chi connectivity index (χ4v) is 14.5. The standard InChI is InChI=1S/C39H64N2O7/c1-22-19-24(31(42)35(4,5)45)47-30-29(22)36(6)14-15-39-21-38(39)13-12-27(34(2,3)25(38)10-11-26(39)37(36,7)32(30)43)48-28-20-41(17-18-46-28)23-9-8-16-40-33(23)44/h22-32,42-43,45H,8-21H2,1-7H3,(H,40,44)/t22-,23-,24?,25+,26?,27+,28+,29+,30?,31+,32+,36-,37-,38?,39?/m1/s1. The first kappa shape index (κ1) is 34.3. The first-order chi connectivity index (χ1) is 22.5. The molecule has 8 fully saturated rings. The zero-order valence-corrected chi connectivity index (χ0v) is 30.7. The van der Waals surface area contributed by atoms with Gasteiger partial charge in [0.15, 0.2) is 6.29 Å². The summed E-state index contributed by atoms with van der Waals surface area (Å²) in [5.74, 6) is 1.69. The van der Waals surface area contributed by atoms with Crippen LogP contribution in [-0.4, -0.2) is 101 Å². The van der Waals surface area contributed by atoms with Crippen LogP contribution in [0.5, 0.6) is 0 Å². The van der Waals surface area contributed by atoms with E-state index < -0.39 is 23.9 Å². The van der Waals surface area contributed by atoms with Crippen LogP contribution >= 0.6 is 0 Å². The summed E-state index contributed by atoms with van der Waals surface area (Å²) in [7, 11) is 0. The van der Waals surface area contributed by atoms with Gasteiger partial charge in [0.1, 0.15) is 6.10 Å². The minimum absolute atomic E-state index is 0.00257. The number of piperidine rings is 1. The van der Waals surface area contributed by atoms with Crippen molar-refractivity contribution < 1.29 is 34.3 Å². The van der Waals surface area contributed by atoms with Crippen LogP contribution in [0.1, 0.15) is 113 Å². The number of amides is 1. The molecule has 15 atom stereocenters. The normalized spacial score (nSPS) is 53.8. The third-order valence-corrected chi connectivity index (χ3v) is 16.9. The van der Waals surface area contributed by atoms with Gasteiger partial charge in [-0.15, -0.1) is 0 Å². The van der Waals surface area contributed by atoms with Crippen LogP contribution in [0, 0.1) is 50.7 Å². The second-order valence-electron chi connectivity index (χ2n) is 19.5. The molecular weight excluding hydrogens is 608 g/mol. The number of aliphatic hydroxyl groups is 3. The Balaban J connectivity index is 1.01. The van der Waals surface area contributed by atoms with E-state index in [1.165, 1.54) is 19.3 Å². The van der Waals surface area contributed by atoms with Crippen molar-refractivity contribution in [3.8, 4) is 0 Å². The molecule has 0 aromatic heterocycles. The molecule has 9 heteroatoms. The van der Waals surface area contributed by atoms with Crippen molar-refractivity contribution in [2.24, 2.45) is 50.7 Å². The summed E-state index contributed by atoms with van der Waals surface area (Å²) in [4.78, 5) is 14.9. The molecule has 8 aliphatic rings. The Morgan fingerprint density at radius 2 is 1.77 bits per heavy atom. The van der Waals surface area contributed by atoms with E-state index in [4.69, 9.17) is 14.2 Å². The number of fused-ring (bicyclic) bond motifs is 4. The average Bonchev–Trinajstić information content (AvgIpc) is 3.66. The van der Waals surface area contributed by atoms with Crippen molar-refractivity contribution in [1.29, 1.82) is 0 Å². The Morgan fingerprint density at radius 3 is 2.50 bits per heavy atom. The molecule has 8 rings (SSSR count). The van der Waals surface area contributed by atoms with E-state index in [1.807, 2.05) is 0 Å². The van der Waals surface area contributed by atoms with Crippen molar-refractivity contribution in [2.75, 3.05) is 26.2 Å². The Hall–Kier alpha value is -0.810. The Kier molecular flexibility index (Phi) is 7.93. The van der Waals surface area contributed by atoms with E-state index in [1.54, 1.807) is 13.8 Å². The van der Waals surface area contributed by atoms with E-state index in [-0.39, 0.29) is 58.0 Å². The lowest BCUT2D eigenvalue weighted by Gasteiger charge is -2.64. The summed E-state index contributed by atoms with van der Waals surface area (Å²) >= 11 is 0. The smallest absolute Gasteiger partial charge is 0.237 e. The van der Waals surface area contributed by atoms with Gasteiger partial charge in [-0.05, 0) is 123 Å². The van der Waals surface area contributed by atoms with Gasteiger partial charge in [-0.25, -0.2) is 0 Å². The van der Waals surface area contributed by atoms with Gasteiger partial charge in [-0.2, -0.15) is 0 Å². The number of carbonyl (C=O) groups is 1. The molecule has 0 aromatic rings. The molecule has 5 aliphatic carbocycles. The maximum Gasteiger partial charge on any atom is 0.237 e. The predicted octanol–water partition coefficient (Wildman–Crippen LogP) is 4.25. The van der Waals surface area contributed by atoms with Crippen LogP contribution in [0.2, 0.25) is 0 Å². The Labute approximate surface area is 288 Å². The fourth-order valence-electron chi connectivity index (χ4n) is 14.5. The van der Waals surface area contributed by atoms with Gasteiger partial charge in [0.05, 0.1) is 49.2 Å². The third kappa shape index (κ3) is 4.49. The monoisotopic (exact) mass is 672 g/mol. The minimum atomic E-state index is -1.26. The number of nitrogens with zero attached hydrogens (tertiary/aromatic N) is 1. The highest BCUT2D eigenvalue weighted by molar-refractivity contribution is 5.82. The van der Waals surface area contributed by atoms with Crippen molar-refractivity contribution in [1.82, 2.24) is 10.2 Å². The number of rotatable bonds is 5. The molecule has 48 heavy (non-hydrogen) atoms. The summed E-state index contributed by atoms with van der Waals surface area (Å²) in [6.07, 6.45) is 8.17. The molecule has 0 bridgehead atoms. The molecule has 9 nitrogen and oxygen atoms in total. The molecule has 4 N–H and O–H groups in total. The molecule has 5 saturated carbocycles. The molecule has 0 aromatic carbocycles. The summed E-state index contributed by atoms with van der Waals surface area (Å²) in [6.45, 7) is 18.1. The number of carbonyl (C=O) groups excluding carboxylic acids is 1. The first-order valence-electron chi connectivity index (χ1n) is 19.5. The van der Waals surface area contributed by atoms with E-state index in [2.05, 4.69) is 44.8 Å². The van der Waals surface area contributed by atoms with Crippen LogP contribution in [0.25, 0.3) is 0 Å². The average molecular weight is 673 g/mol. The van der Waals surface area contributed by atoms with Crippen molar-refractivity contribution in [2.45, 2.75) is 161 Å². The molecule has 3 heterocycles.